The summed E-state index contributed by atoms with van der Waals surface area (Å²) in [5.41, 5.74) is 1.27. The number of guanidine groups is 1. The third-order valence-electron chi connectivity index (χ3n) is 4.65. The van der Waals surface area contributed by atoms with Crippen molar-refractivity contribution in [3.8, 4) is 5.75 Å². The summed E-state index contributed by atoms with van der Waals surface area (Å²) in [4.78, 5) is 17.8. The molecule has 0 atom stereocenters. The number of benzene rings is 1. The number of aryl methyl sites for hydroxylation is 1. The van der Waals surface area contributed by atoms with E-state index in [-0.39, 0.29) is 6.09 Å². The zero-order chi connectivity index (χ0) is 19.5. The van der Waals surface area contributed by atoms with Crippen molar-refractivity contribution < 1.29 is 14.3 Å². The molecular formula is C20H32N4O3. The van der Waals surface area contributed by atoms with E-state index in [1.54, 1.807) is 19.1 Å². The van der Waals surface area contributed by atoms with Crippen LogP contribution in [-0.2, 0) is 11.2 Å². The summed E-state index contributed by atoms with van der Waals surface area (Å²) in [6.45, 7) is 4.52. The lowest BCUT2D eigenvalue weighted by molar-refractivity contribution is 0.0963. The maximum atomic E-state index is 11.8. The molecule has 2 N–H and O–H groups in total. The molecule has 27 heavy (non-hydrogen) atoms. The molecule has 1 aliphatic heterocycles. The summed E-state index contributed by atoms with van der Waals surface area (Å²) in [6.07, 6.45) is 3.57. The van der Waals surface area contributed by atoms with Gasteiger partial charge in [0.05, 0.1) is 13.7 Å². The standard InChI is InChI=1S/C20H32N4O3/c1-4-27-20(25)24-13-10-17(11-14-24)23-19(21-2)22-12-6-8-16-7-5-9-18(15-16)26-3/h5,7,9,15,17H,4,6,8,10-14H2,1-3H3,(H2,21,22,23). The first-order valence-corrected chi connectivity index (χ1v) is 9.68. The average Bonchev–Trinajstić information content (AvgIpc) is 2.71. The van der Waals surface area contributed by atoms with Gasteiger partial charge in [-0.2, -0.15) is 0 Å². The first-order valence-electron chi connectivity index (χ1n) is 9.68. The Hall–Kier alpha value is -2.44. The predicted molar refractivity (Wildman–Crippen MR) is 107 cm³/mol. The van der Waals surface area contributed by atoms with Crippen LogP contribution in [-0.4, -0.2) is 63.4 Å². The van der Waals surface area contributed by atoms with E-state index in [1.807, 2.05) is 19.1 Å². The number of nitrogens with one attached hydrogen (secondary N) is 2. The zero-order valence-electron chi connectivity index (χ0n) is 16.7. The van der Waals surface area contributed by atoms with Gasteiger partial charge in [-0.3, -0.25) is 4.99 Å². The van der Waals surface area contributed by atoms with Crippen LogP contribution in [0, 0.1) is 0 Å². The topological polar surface area (TPSA) is 75.2 Å². The van der Waals surface area contributed by atoms with Crippen LogP contribution in [0.3, 0.4) is 0 Å². The Morgan fingerprint density at radius 3 is 2.78 bits per heavy atom. The van der Waals surface area contributed by atoms with Crippen molar-refractivity contribution >= 4 is 12.1 Å². The number of hydrogen-bond acceptors (Lipinski definition) is 4. The van der Waals surface area contributed by atoms with Gasteiger partial charge in [-0.1, -0.05) is 12.1 Å². The van der Waals surface area contributed by atoms with Crippen molar-refractivity contribution in [2.45, 2.75) is 38.6 Å². The Kier molecular flexibility index (Phi) is 8.74. The summed E-state index contributed by atoms with van der Waals surface area (Å²) in [6, 6.07) is 8.49. The van der Waals surface area contributed by atoms with E-state index in [0.29, 0.717) is 25.7 Å². The largest absolute Gasteiger partial charge is 0.497 e. The number of hydrogen-bond donors (Lipinski definition) is 2. The summed E-state index contributed by atoms with van der Waals surface area (Å²) < 4.78 is 10.3. The number of aliphatic imine (C=N–C) groups is 1. The van der Waals surface area contributed by atoms with E-state index < -0.39 is 0 Å². The highest BCUT2D eigenvalue weighted by Gasteiger charge is 2.23. The molecule has 0 aromatic heterocycles. The van der Waals surface area contributed by atoms with Gasteiger partial charge in [0.2, 0.25) is 0 Å². The van der Waals surface area contributed by atoms with Gasteiger partial charge in [-0.25, -0.2) is 4.79 Å². The Balaban J connectivity index is 1.66. The van der Waals surface area contributed by atoms with Gasteiger partial charge in [0.25, 0.3) is 0 Å². The fraction of sp³-hybridized carbons (Fsp3) is 0.600. The fourth-order valence-corrected chi connectivity index (χ4v) is 3.14. The number of ether oxygens (including phenoxy) is 2. The number of amides is 1. The number of rotatable bonds is 7. The molecule has 7 nitrogen and oxygen atoms in total. The summed E-state index contributed by atoms with van der Waals surface area (Å²) in [5, 5.41) is 6.83. The van der Waals surface area contributed by atoms with E-state index in [0.717, 1.165) is 43.9 Å². The molecule has 1 aromatic rings. The molecule has 0 unspecified atom stereocenters. The molecule has 150 valence electrons. The number of piperidine rings is 1. The quantitative estimate of drug-likeness (QED) is 0.434. The maximum Gasteiger partial charge on any atom is 0.409 e. The number of likely N-dealkylation sites (tertiary alicyclic amines) is 1. The first kappa shape index (κ1) is 20.9. The molecule has 0 saturated carbocycles. The summed E-state index contributed by atoms with van der Waals surface area (Å²) in [7, 11) is 3.47. The molecule has 1 amide bonds. The summed E-state index contributed by atoms with van der Waals surface area (Å²) in [5.74, 6) is 1.71. The molecule has 1 heterocycles. The molecule has 1 aromatic carbocycles. The van der Waals surface area contributed by atoms with Crippen LogP contribution in [0.15, 0.2) is 29.3 Å². The van der Waals surface area contributed by atoms with Crippen molar-refractivity contribution in [1.29, 1.82) is 0 Å². The van der Waals surface area contributed by atoms with Crippen LogP contribution < -0.4 is 15.4 Å². The lowest BCUT2D eigenvalue weighted by Gasteiger charge is -2.32. The Labute approximate surface area is 162 Å². The van der Waals surface area contributed by atoms with Gasteiger partial charge >= 0.3 is 6.09 Å². The normalized spacial score (nSPS) is 15.4. The Bertz CT molecular complexity index is 613. The second-order valence-electron chi connectivity index (χ2n) is 6.56. The molecule has 0 spiro atoms. The van der Waals surface area contributed by atoms with Crippen molar-refractivity contribution in [3.05, 3.63) is 29.8 Å². The highest BCUT2D eigenvalue weighted by molar-refractivity contribution is 5.80. The highest BCUT2D eigenvalue weighted by Crippen LogP contribution is 2.14. The smallest absolute Gasteiger partial charge is 0.409 e. The third kappa shape index (κ3) is 7.00. The Morgan fingerprint density at radius 2 is 2.11 bits per heavy atom. The zero-order valence-corrected chi connectivity index (χ0v) is 16.7. The first-order chi connectivity index (χ1) is 13.2. The van der Waals surface area contributed by atoms with Crippen LogP contribution in [0.1, 0.15) is 31.7 Å². The average molecular weight is 377 g/mol. The van der Waals surface area contributed by atoms with Crippen LogP contribution in [0.2, 0.25) is 0 Å². The molecule has 1 fully saturated rings. The molecule has 1 saturated heterocycles. The molecule has 0 bridgehead atoms. The van der Waals surface area contributed by atoms with Crippen LogP contribution in [0.5, 0.6) is 5.75 Å². The Morgan fingerprint density at radius 1 is 1.33 bits per heavy atom. The molecule has 7 heteroatoms. The second-order valence-corrected chi connectivity index (χ2v) is 6.56. The number of methoxy groups -OCH3 is 1. The van der Waals surface area contributed by atoms with Gasteiger partial charge in [0.15, 0.2) is 5.96 Å². The van der Waals surface area contributed by atoms with Crippen molar-refractivity contribution in [1.82, 2.24) is 15.5 Å². The van der Waals surface area contributed by atoms with Crippen molar-refractivity contribution in [2.75, 3.05) is 40.4 Å². The lowest BCUT2D eigenvalue weighted by atomic mass is 10.1. The molecule has 0 radical (unpaired) electrons. The van der Waals surface area contributed by atoms with Gasteiger partial charge in [-0.05, 0) is 50.3 Å². The van der Waals surface area contributed by atoms with Crippen LogP contribution >= 0.6 is 0 Å². The monoisotopic (exact) mass is 376 g/mol. The van der Waals surface area contributed by atoms with E-state index in [4.69, 9.17) is 9.47 Å². The highest BCUT2D eigenvalue weighted by atomic mass is 16.6. The molecular weight excluding hydrogens is 344 g/mol. The lowest BCUT2D eigenvalue weighted by Crippen LogP contribution is -2.50. The minimum absolute atomic E-state index is 0.212. The van der Waals surface area contributed by atoms with E-state index >= 15 is 0 Å². The predicted octanol–water partition coefficient (Wildman–Crippen LogP) is 2.41. The number of nitrogens with zero attached hydrogens (tertiary/aromatic N) is 2. The molecule has 2 rings (SSSR count). The van der Waals surface area contributed by atoms with Crippen molar-refractivity contribution in [3.63, 3.8) is 0 Å². The third-order valence-corrected chi connectivity index (χ3v) is 4.65. The minimum atomic E-state index is -0.212. The van der Waals surface area contributed by atoms with E-state index in [2.05, 4.69) is 27.8 Å². The molecule has 1 aliphatic rings. The summed E-state index contributed by atoms with van der Waals surface area (Å²) >= 11 is 0. The molecule has 0 aliphatic carbocycles. The van der Waals surface area contributed by atoms with Gasteiger partial charge in [-0.15, -0.1) is 0 Å². The fourth-order valence-electron chi connectivity index (χ4n) is 3.14. The van der Waals surface area contributed by atoms with Gasteiger partial charge in [0.1, 0.15) is 5.75 Å². The second kappa shape index (κ2) is 11.3. The number of carbonyl (C=O) groups is 1. The SMILES string of the molecule is CCOC(=O)N1CCC(NC(=NC)NCCCc2cccc(OC)c2)CC1. The van der Waals surface area contributed by atoms with Gasteiger partial charge < -0.3 is 25.0 Å². The maximum absolute atomic E-state index is 11.8. The van der Waals surface area contributed by atoms with E-state index in [1.165, 1.54) is 5.56 Å². The van der Waals surface area contributed by atoms with Gasteiger partial charge in [0, 0.05) is 32.7 Å². The van der Waals surface area contributed by atoms with Crippen LogP contribution in [0.4, 0.5) is 4.79 Å². The number of carbonyl (C=O) groups excluding carboxylic acids is 1. The minimum Gasteiger partial charge on any atom is -0.497 e. The van der Waals surface area contributed by atoms with Crippen molar-refractivity contribution in [2.24, 2.45) is 4.99 Å². The van der Waals surface area contributed by atoms with Crippen LogP contribution in [0.25, 0.3) is 0 Å². The van der Waals surface area contributed by atoms with E-state index in [9.17, 15) is 4.79 Å².